The van der Waals surface area contributed by atoms with Crippen LogP contribution in [0.3, 0.4) is 0 Å². The number of β-amino-alcohol motifs (C(OH)–C–C–N with tert-alkyl or cyclic N) is 1. The number of piperidine rings is 1. The van der Waals surface area contributed by atoms with E-state index < -0.39 is 35.8 Å². The highest BCUT2D eigenvalue weighted by Crippen LogP contribution is 2.38. The monoisotopic (exact) mass is 559 g/mol. The Kier molecular flexibility index (Phi) is 9.46. The summed E-state index contributed by atoms with van der Waals surface area (Å²) in [7, 11) is 0. The third-order valence-electron chi connectivity index (χ3n) is 7.47. The predicted molar refractivity (Wildman–Crippen MR) is 136 cm³/mol. The van der Waals surface area contributed by atoms with Gasteiger partial charge in [-0.3, -0.25) is 10.2 Å². The van der Waals surface area contributed by atoms with E-state index in [1.165, 1.54) is 6.92 Å². The number of aliphatic hydroxyl groups is 1. The van der Waals surface area contributed by atoms with Crippen LogP contribution >= 0.6 is 0 Å². The molecule has 2 unspecified atom stereocenters. The predicted octanol–water partition coefficient (Wildman–Crippen LogP) is 5.84. The van der Waals surface area contributed by atoms with Crippen molar-refractivity contribution >= 4 is 5.69 Å². The molecule has 0 aromatic heterocycles. The van der Waals surface area contributed by atoms with Crippen LogP contribution in [0.4, 0.5) is 32.0 Å². The molecule has 2 N–H and O–H groups in total. The number of halogens is 6. The summed E-state index contributed by atoms with van der Waals surface area (Å²) >= 11 is 0. The van der Waals surface area contributed by atoms with Gasteiger partial charge >= 0.3 is 12.4 Å². The molecule has 4 atom stereocenters. The maximum atomic E-state index is 13.3. The molecule has 2 heterocycles. The SMILES string of the molecule is CC(OC[C@H]1CC[C@H](NC(O)CN2CCCC2)CN1c1ccccc1)c1cc(C(F)(F)F)cc(C(F)(F)F)c1. The van der Waals surface area contributed by atoms with Gasteiger partial charge in [-0.25, -0.2) is 0 Å². The van der Waals surface area contributed by atoms with E-state index in [0.717, 1.165) is 50.2 Å². The van der Waals surface area contributed by atoms with Gasteiger partial charge in [0.15, 0.2) is 0 Å². The first-order valence-corrected chi connectivity index (χ1v) is 13.3. The highest BCUT2D eigenvalue weighted by molar-refractivity contribution is 5.48. The molecule has 2 saturated heterocycles. The fourth-order valence-electron chi connectivity index (χ4n) is 5.37. The second-order valence-electron chi connectivity index (χ2n) is 10.4. The van der Waals surface area contributed by atoms with E-state index in [2.05, 4.69) is 15.1 Å². The molecule has 0 radical (unpaired) electrons. The maximum absolute atomic E-state index is 13.3. The first-order valence-electron chi connectivity index (χ1n) is 13.3. The minimum Gasteiger partial charge on any atom is -0.377 e. The Hall–Kier alpha value is -2.34. The number of ether oxygens (including phenoxy) is 1. The number of rotatable bonds is 9. The summed E-state index contributed by atoms with van der Waals surface area (Å²) < 4.78 is 85.8. The van der Waals surface area contributed by atoms with Gasteiger partial charge in [-0.05, 0) is 81.6 Å². The largest absolute Gasteiger partial charge is 0.416 e. The first kappa shape index (κ1) is 29.6. The molecule has 216 valence electrons. The van der Waals surface area contributed by atoms with E-state index in [-0.39, 0.29) is 30.3 Å². The van der Waals surface area contributed by atoms with Gasteiger partial charge in [-0.15, -0.1) is 0 Å². The molecule has 11 heteroatoms. The number of aliphatic hydroxyl groups excluding tert-OH is 1. The molecule has 2 aliphatic heterocycles. The van der Waals surface area contributed by atoms with Crippen molar-refractivity contribution in [2.45, 2.75) is 69.4 Å². The molecule has 0 bridgehead atoms. The normalized spacial score (nSPS) is 22.7. The standard InChI is InChI=1S/C28H35F6N3O2/c1-19(20-13-21(27(29,30)31)15-22(14-20)28(32,33)34)39-18-25-10-9-23(16-37(25)24-7-3-2-4-8-24)35-26(38)17-36-11-5-6-12-36/h2-4,7-8,13-15,19,23,25-26,35,38H,5-6,9-12,16-18H2,1H3/t19?,23-,25+,26?/m0/s1. The Bertz CT molecular complexity index is 1030. The average molecular weight is 560 g/mol. The summed E-state index contributed by atoms with van der Waals surface area (Å²) in [4.78, 5) is 4.36. The number of nitrogens with zero attached hydrogens (tertiary/aromatic N) is 2. The average Bonchev–Trinajstić information content (AvgIpc) is 3.39. The van der Waals surface area contributed by atoms with E-state index in [0.29, 0.717) is 19.5 Å². The Morgan fingerprint density at radius 1 is 0.949 bits per heavy atom. The first-order chi connectivity index (χ1) is 18.4. The molecule has 2 aromatic rings. The van der Waals surface area contributed by atoms with Crippen LogP contribution < -0.4 is 10.2 Å². The molecular formula is C28H35F6N3O2. The molecule has 0 spiro atoms. The number of alkyl halides is 6. The van der Waals surface area contributed by atoms with Gasteiger partial charge in [0.05, 0.1) is 29.9 Å². The number of hydrogen-bond acceptors (Lipinski definition) is 5. The number of nitrogens with one attached hydrogen (secondary N) is 1. The van der Waals surface area contributed by atoms with E-state index in [4.69, 9.17) is 4.74 Å². The van der Waals surface area contributed by atoms with Crippen LogP contribution in [0.5, 0.6) is 0 Å². The lowest BCUT2D eigenvalue weighted by molar-refractivity contribution is -0.143. The van der Waals surface area contributed by atoms with Gasteiger partial charge in [-0.1, -0.05) is 18.2 Å². The van der Waals surface area contributed by atoms with Gasteiger partial charge in [0.2, 0.25) is 0 Å². The van der Waals surface area contributed by atoms with Crippen molar-refractivity contribution in [3.05, 3.63) is 65.2 Å². The summed E-state index contributed by atoms with van der Waals surface area (Å²) in [5, 5.41) is 13.9. The molecule has 0 amide bonds. The Morgan fingerprint density at radius 3 is 2.15 bits per heavy atom. The van der Waals surface area contributed by atoms with Crippen molar-refractivity contribution in [1.82, 2.24) is 10.2 Å². The van der Waals surface area contributed by atoms with E-state index in [1.54, 1.807) is 0 Å². The lowest BCUT2D eigenvalue weighted by atomic mass is 9.97. The van der Waals surface area contributed by atoms with Crippen molar-refractivity contribution in [3.63, 3.8) is 0 Å². The second-order valence-corrected chi connectivity index (χ2v) is 10.4. The zero-order valence-electron chi connectivity index (χ0n) is 21.8. The van der Waals surface area contributed by atoms with Gasteiger partial charge < -0.3 is 14.7 Å². The Balaban J connectivity index is 1.44. The Morgan fingerprint density at radius 2 is 1.56 bits per heavy atom. The lowest BCUT2D eigenvalue weighted by Crippen LogP contribution is -2.55. The quantitative estimate of drug-likeness (QED) is 0.299. The number of likely N-dealkylation sites (tertiary alicyclic amines) is 1. The number of para-hydroxylation sites is 1. The van der Waals surface area contributed by atoms with Gasteiger partial charge in [0.1, 0.15) is 6.23 Å². The molecule has 0 saturated carbocycles. The van der Waals surface area contributed by atoms with Gasteiger partial charge in [-0.2, -0.15) is 26.3 Å². The number of benzene rings is 2. The van der Waals surface area contributed by atoms with E-state index >= 15 is 0 Å². The van der Waals surface area contributed by atoms with Crippen molar-refractivity contribution in [2.24, 2.45) is 0 Å². The van der Waals surface area contributed by atoms with Gasteiger partial charge in [0, 0.05) is 24.8 Å². The fourth-order valence-corrected chi connectivity index (χ4v) is 5.37. The molecule has 5 nitrogen and oxygen atoms in total. The van der Waals surface area contributed by atoms with Crippen LogP contribution in [-0.2, 0) is 17.1 Å². The minimum atomic E-state index is -4.91. The zero-order chi connectivity index (χ0) is 28.2. The van der Waals surface area contributed by atoms with Crippen molar-refractivity contribution in [3.8, 4) is 0 Å². The number of anilines is 1. The Labute approximate surface area is 224 Å². The van der Waals surface area contributed by atoms with E-state index in [1.807, 2.05) is 30.3 Å². The third kappa shape index (κ3) is 8.09. The fraction of sp³-hybridized carbons (Fsp3) is 0.571. The molecule has 4 rings (SSSR count). The maximum Gasteiger partial charge on any atom is 0.416 e. The van der Waals surface area contributed by atoms with Crippen LogP contribution in [-0.4, -0.2) is 61.1 Å². The van der Waals surface area contributed by atoms with E-state index in [9.17, 15) is 31.4 Å². The highest BCUT2D eigenvalue weighted by Gasteiger charge is 2.38. The third-order valence-corrected chi connectivity index (χ3v) is 7.47. The molecule has 2 aliphatic rings. The van der Waals surface area contributed by atoms with Crippen molar-refractivity contribution in [1.29, 1.82) is 0 Å². The summed E-state index contributed by atoms with van der Waals surface area (Å²) in [5.74, 6) is 0. The molecule has 0 aliphatic carbocycles. The van der Waals surface area contributed by atoms with Gasteiger partial charge in [0.25, 0.3) is 0 Å². The van der Waals surface area contributed by atoms with Crippen molar-refractivity contribution in [2.75, 3.05) is 37.7 Å². The van der Waals surface area contributed by atoms with Crippen LogP contribution in [0.15, 0.2) is 48.5 Å². The molecule has 2 fully saturated rings. The van der Waals surface area contributed by atoms with Crippen LogP contribution in [0.2, 0.25) is 0 Å². The summed E-state index contributed by atoms with van der Waals surface area (Å²) in [6.45, 7) is 4.68. The topological polar surface area (TPSA) is 48.0 Å². The molecular weight excluding hydrogens is 524 g/mol. The van der Waals surface area contributed by atoms with Crippen LogP contribution in [0.1, 0.15) is 55.4 Å². The summed E-state index contributed by atoms with van der Waals surface area (Å²) in [6.07, 6.45) is -7.79. The summed E-state index contributed by atoms with van der Waals surface area (Å²) in [6, 6.07) is 11.0. The zero-order valence-corrected chi connectivity index (χ0v) is 21.8. The highest BCUT2D eigenvalue weighted by atomic mass is 19.4. The lowest BCUT2D eigenvalue weighted by Gasteiger charge is -2.42. The van der Waals surface area contributed by atoms with Crippen molar-refractivity contribution < 1.29 is 36.2 Å². The minimum absolute atomic E-state index is 0.00861. The molecule has 2 aromatic carbocycles. The second kappa shape index (κ2) is 12.4. The smallest absolute Gasteiger partial charge is 0.377 e. The molecule has 39 heavy (non-hydrogen) atoms. The summed E-state index contributed by atoms with van der Waals surface area (Å²) in [5.41, 5.74) is -1.96. The van der Waals surface area contributed by atoms with Crippen LogP contribution in [0.25, 0.3) is 0 Å². The van der Waals surface area contributed by atoms with Crippen LogP contribution in [0, 0.1) is 0 Å². The number of hydrogen-bond donors (Lipinski definition) is 2.